The van der Waals surface area contributed by atoms with Crippen LogP contribution in [0, 0.1) is 0 Å². The monoisotopic (exact) mass is 1750 g/mol. The first kappa shape index (κ1) is 77.0. The van der Waals surface area contributed by atoms with Crippen LogP contribution in [0.3, 0.4) is 0 Å². The van der Waals surface area contributed by atoms with Crippen molar-refractivity contribution in [2.75, 3.05) is 0 Å². The fourth-order valence-corrected chi connectivity index (χ4v) is 32.4. The van der Waals surface area contributed by atoms with Gasteiger partial charge >= 0.3 is 0 Å². The quantitative estimate of drug-likeness (QED) is 0.142. The van der Waals surface area contributed by atoms with Crippen LogP contribution in [-0.4, -0.2) is 13.7 Å². The molecule has 3 unspecified atom stereocenters. The predicted molar refractivity (Wildman–Crippen MR) is 563 cm³/mol. The van der Waals surface area contributed by atoms with E-state index in [9.17, 15) is 0 Å². The van der Waals surface area contributed by atoms with Crippen LogP contribution in [0.15, 0.2) is 473 Å². The lowest BCUT2D eigenvalue weighted by Gasteiger charge is -2.22. The van der Waals surface area contributed by atoms with Gasteiger partial charge in [0.2, 0.25) is 0 Å². The van der Waals surface area contributed by atoms with Crippen LogP contribution < -0.4 is 47.7 Å². The average Bonchev–Trinajstić information content (AvgIpc) is 1.53. The Morgan fingerprint density at radius 1 is 0.173 bits per heavy atom. The van der Waals surface area contributed by atoms with Crippen molar-refractivity contribution < 1.29 is 13.7 Å². The molecule has 0 bridgehead atoms. The van der Waals surface area contributed by atoms with Gasteiger partial charge in [-0.3, -0.25) is 0 Å². The van der Waals surface area contributed by atoms with Gasteiger partial charge in [-0.1, -0.05) is 394 Å². The summed E-state index contributed by atoms with van der Waals surface area (Å²) in [6.45, 7) is 0. The maximum Gasteiger partial charge on any atom is 0.172 e. The molecule has 0 amide bonds. The summed E-state index contributed by atoms with van der Waals surface area (Å²) in [4.78, 5) is 0. The van der Waals surface area contributed by atoms with Crippen molar-refractivity contribution in [1.29, 1.82) is 0 Å². The summed E-state index contributed by atoms with van der Waals surface area (Å²) in [5.74, 6) is 0. The molecule has 6 heterocycles. The Morgan fingerprint density at radius 2 is 0.526 bits per heavy atom. The van der Waals surface area contributed by atoms with Gasteiger partial charge in [-0.25, -0.2) is 0 Å². The molecule has 6 nitrogen and oxygen atoms in total. The summed E-state index contributed by atoms with van der Waals surface area (Å²) in [5.41, 5.74) is 26.4. The number of benzene rings is 22. The number of aromatic nitrogens is 3. The molecule has 0 saturated carbocycles. The van der Waals surface area contributed by atoms with Gasteiger partial charge in [0.15, 0.2) is 21.4 Å². The van der Waals surface area contributed by atoms with Gasteiger partial charge in [0.05, 0.1) is 44.5 Å². The van der Waals surface area contributed by atoms with E-state index in [2.05, 4.69) is 372 Å². The summed E-state index contributed by atoms with van der Waals surface area (Å²) >= 11 is 0. The van der Waals surface area contributed by atoms with E-state index in [0.29, 0.717) is 0 Å². The molecule has 4 aliphatic rings. The van der Waals surface area contributed by atoms with Gasteiger partial charge in [0.25, 0.3) is 0 Å². The minimum atomic E-state index is -3.14. The Morgan fingerprint density at radius 3 is 1.05 bits per heavy atom. The predicted octanol–water partition coefficient (Wildman–Crippen LogP) is 28.8. The molecule has 0 N–H and O–H groups in total. The molecule has 133 heavy (non-hydrogen) atoms. The molecule has 0 spiro atoms. The van der Waals surface area contributed by atoms with Gasteiger partial charge in [-0.2, -0.15) is 0 Å². The molecule has 25 aromatic rings. The van der Waals surface area contributed by atoms with E-state index in [1.807, 2.05) is 115 Å². The van der Waals surface area contributed by atoms with Gasteiger partial charge in [0.1, 0.15) is 0 Å². The van der Waals surface area contributed by atoms with Crippen LogP contribution >= 0.6 is 21.4 Å². The molecule has 3 aromatic heterocycles. The number of hydrogen-bond acceptors (Lipinski definition) is 3. The Balaban J connectivity index is 0.000000104. The third kappa shape index (κ3) is 11.2. The molecule has 622 valence electrons. The number of para-hydroxylation sites is 4. The second-order valence-electron chi connectivity index (χ2n) is 35.3. The van der Waals surface area contributed by atoms with Crippen LogP contribution in [-0.2, 0) is 13.7 Å². The van der Waals surface area contributed by atoms with Crippen LogP contribution in [0.2, 0.25) is 0 Å². The summed E-state index contributed by atoms with van der Waals surface area (Å²) in [6.07, 6.45) is 0. The number of hydrogen-bond donors (Lipinski definition) is 0. The second-order valence-corrected chi connectivity index (χ2v) is 43.3. The zero-order valence-corrected chi connectivity index (χ0v) is 74.6. The fraction of sp³-hybridized carbons (Fsp3) is 0. The minimum absolute atomic E-state index is 0.871. The first-order valence-corrected chi connectivity index (χ1v) is 50.5. The SMILES string of the molecule is O=P1(c2ccccc2)c2cc3c4ccccc4n(-c4cccc5ccccc45)c3cc2-c2ccc3ccccc3c21.O=P1(c2ccccc2)c2cc3c4ccccc4n(-c4ccccc4)c3cc2-c2ccc3ccccc3c21.O=P1(c2ccccc2)c2ccccc2-c2cc3c(cc21)c1ccccc1n3-c1cc(-c2ccccc2)c2c(c1-c1ccccc1)-c1cccc3cccc-2c13. The van der Waals surface area contributed by atoms with E-state index < -0.39 is 21.4 Å². The summed E-state index contributed by atoms with van der Waals surface area (Å²) in [6, 6.07) is 166. The molecule has 9 heteroatoms. The average molecular weight is 1750 g/mol. The highest BCUT2D eigenvalue weighted by atomic mass is 31.2. The second kappa shape index (κ2) is 29.8. The van der Waals surface area contributed by atoms with Crippen molar-refractivity contribution >= 4 is 178 Å². The van der Waals surface area contributed by atoms with Crippen molar-refractivity contribution in [1.82, 2.24) is 13.7 Å². The topological polar surface area (TPSA) is 66.0 Å². The molecular weight excluding hydrogens is 1670 g/mol. The zero-order valence-electron chi connectivity index (χ0n) is 71.9. The van der Waals surface area contributed by atoms with Crippen molar-refractivity contribution in [3.8, 4) is 95.0 Å². The maximum absolute atomic E-state index is 15.7. The van der Waals surface area contributed by atoms with Crippen molar-refractivity contribution in [2.24, 2.45) is 0 Å². The Labute approximate surface area is 767 Å². The Bertz CT molecular complexity index is 9420. The molecule has 29 rings (SSSR count). The first-order valence-electron chi connectivity index (χ1n) is 45.4. The Hall–Kier alpha value is -16.0. The molecule has 1 aliphatic carbocycles. The summed E-state index contributed by atoms with van der Waals surface area (Å²) in [5, 5.41) is 24.5. The van der Waals surface area contributed by atoms with Crippen LogP contribution in [0.5, 0.6) is 0 Å². The highest BCUT2D eigenvalue weighted by Crippen LogP contribution is 2.61. The van der Waals surface area contributed by atoms with E-state index in [1.54, 1.807) is 0 Å². The highest BCUT2D eigenvalue weighted by molar-refractivity contribution is 7.87. The van der Waals surface area contributed by atoms with Crippen LogP contribution in [0.1, 0.15) is 0 Å². The third-order valence-corrected chi connectivity index (χ3v) is 38.0. The van der Waals surface area contributed by atoms with E-state index in [1.165, 1.54) is 76.8 Å². The molecule has 3 aliphatic heterocycles. The molecule has 0 fully saturated rings. The van der Waals surface area contributed by atoms with Crippen molar-refractivity contribution in [3.05, 3.63) is 473 Å². The number of fused-ring (bicyclic) bond motifs is 26. The van der Waals surface area contributed by atoms with E-state index in [4.69, 9.17) is 0 Å². The fourth-order valence-electron chi connectivity index (χ4n) is 22.8. The summed E-state index contributed by atoms with van der Waals surface area (Å²) < 4.78 is 54.1. The number of nitrogens with zero attached hydrogens (tertiary/aromatic N) is 3. The molecule has 22 aromatic carbocycles. The largest absolute Gasteiger partial charge is 0.309 e. The number of rotatable bonds is 8. The van der Waals surface area contributed by atoms with Crippen LogP contribution in [0.25, 0.3) is 203 Å². The van der Waals surface area contributed by atoms with Gasteiger partial charge in [-0.15, -0.1) is 0 Å². The lowest BCUT2D eigenvalue weighted by Crippen LogP contribution is -2.21. The smallest absolute Gasteiger partial charge is 0.172 e. The molecule has 0 radical (unpaired) electrons. The first-order chi connectivity index (χ1) is 65.7. The molecular formula is C124H78N3O3P3. The zero-order chi connectivity index (χ0) is 87.9. The Kier molecular flexibility index (Phi) is 17.2. The lowest BCUT2D eigenvalue weighted by molar-refractivity contribution is 0.592. The van der Waals surface area contributed by atoms with E-state index >= 15 is 13.7 Å². The van der Waals surface area contributed by atoms with Gasteiger partial charge < -0.3 is 27.4 Å². The highest BCUT2D eigenvalue weighted by Gasteiger charge is 2.46. The van der Waals surface area contributed by atoms with Crippen molar-refractivity contribution in [3.63, 3.8) is 0 Å². The standard InChI is InChI=1S/C52H32NOP.C38H24NOP.C34H22NOP/c54-55(36-22-8-3-9-23-36)47-29-13-11-25-38(47)43-31-45-42(32-48(43)55)37-24-10-12-28-44(37)53(45)46-30-41(33-16-4-1-5-17-33)51-39-26-14-20-34-21-15-27-40(49(34)39)52(51)50(46)35-18-6-2-7-19-35;40-41(27-14-2-1-3-15-27)37-24-32-30-18-8-9-19-35(30)39(34-20-10-13-25-11-4-6-16-28(25)34)36(32)23-33(37)31-22-21-26-12-5-7-17-29(26)38(31)41;36-37(25-14-5-2-6-15-25)33-22-29-27-17-9-10-18-31(27)35(24-12-3-1-4-13-24)32(29)21-30(33)28-20-19-23-11-7-8-16-26(23)34(28)37/h1-32H;1-24H;1-22H. The molecule has 3 atom stereocenters. The normalized spacial score (nSPS) is 15.7. The van der Waals surface area contributed by atoms with Crippen molar-refractivity contribution in [2.45, 2.75) is 0 Å². The third-order valence-electron chi connectivity index (χ3n) is 28.5. The van der Waals surface area contributed by atoms with Crippen LogP contribution in [0.4, 0.5) is 0 Å². The van der Waals surface area contributed by atoms with E-state index in [0.717, 1.165) is 174 Å². The van der Waals surface area contributed by atoms with Gasteiger partial charge in [-0.05, 0) is 183 Å². The van der Waals surface area contributed by atoms with Gasteiger partial charge in [0, 0.05) is 102 Å². The van der Waals surface area contributed by atoms with E-state index in [-0.39, 0.29) is 0 Å². The maximum atomic E-state index is 15.7. The summed E-state index contributed by atoms with van der Waals surface area (Å²) in [7, 11) is -9.37. The lowest BCUT2D eigenvalue weighted by atomic mass is 9.86. The molecule has 0 saturated heterocycles. The minimum Gasteiger partial charge on any atom is -0.309 e.